The van der Waals surface area contributed by atoms with Crippen LogP contribution in [0.3, 0.4) is 0 Å². The highest BCUT2D eigenvalue weighted by Crippen LogP contribution is 2.32. The van der Waals surface area contributed by atoms with Gasteiger partial charge in [-0.05, 0) is 39.2 Å². The molecule has 56 valence electrons. The van der Waals surface area contributed by atoms with Crippen molar-refractivity contribution in [1.82, 2.24) is 0 Å². The van der Waals surface area contributed by atoms with Crippen LogP contribution in [0.1, 0.15) is 13.8 Å². The Kier molecular flexibility index (Phi) is 3.21. The van der Waals surface area contributed by atoms with Crippen LogP contribution in [0, 0.1) is 5.92 Å². The average Bonchev–Trinajstić information content (AvgIpc) is 1.82. The molecule has 0 spiro atoms. The first kappa shape index (κ1) is 9.03. The molecule has 2 unspecified atom stereocenters. The van der Waals surface area contributed by atoms with Gasteiger partial charge in [0.1, 0.15) is 0 Å². The van der Waals surface area contributed by atoms with E-state index < -0.39 is 0 Å². The normalized spacial score (nSPS) is 33.2. The van der Waals surface area contributed by atoms with E-state index in [0.29, 0.717) is 9.84 Å². The summed E-state index contributed by atoms with van der Waals surface area (Å²) in [7, 11) is 0. The topological polar surface area (TPSA) is 0 Å². The van der Waals surface area contributed by atoms with E-state index in [0.717, 1.165) is 0 Å². The third-order valence-corrected chi connectivity index (χ3v) is 4.43. The molecule has 0 saturated carbocycles. The van der Waals surface area contributed by atoms with Gasteiger partial charge in [-0.15, -0.1) is 0 Å². The van der Waals surface area contributed by atoms with E-state index in [9.17, 15) is 0 Å². The number of alkyl halides is 1. The molecule has 0 fully saturated rings. The zero-order valence-electron chi connectivity index (χ0n) is 6.07. The summed E-state index contributed by atoms with van der Waals surface area (Å²) in [5.41, 5.74) is 1.40. The molecule has 0 aliphatic heterocycles. The van der Waals surface area contributed by atoms with Gasteiger partial charge in [0.25, 0.3) is 0 Å². The molecule has 0 nitrogen and oxygen atoms in total. The smallest absolute Gasteiger partial charge is 0.0365 e. The van der Waals surface area contributed by atoms with Gasteiger partial charge in [0.2, 0.25) is 0 Å². The van der Waals surface area contributed by atoms with Gasteiger partial charge in [0.05, 0.1) is 0 Å². The molecular formula is C8H10I2. The summed E-state index contributed by atoms with van der Waals surface area (Å²) in [5.74, 6) is 0.713. The Morgan fingerprint density at radius 1 is 1.50 bits per heavy atom. The fourth-order valence-electron chi connectivity index (χ4n) is 0.945. The highest BCUT2D eigenvalue weighted by atomic mass is 127. The Labute approximate surface area is 89.4 Å². The largest absolute Gasteiger partial charge is 0.0774 e. The van der Waals surface area contributed by atoms with Gasteiger partial charge in [-0.25, -0.2) is 0 Å². The molecule has 0 amide bonds. The summed E-state index contributed by atoms with van der Waals surface area (Å²) in [6.45, 7) is 4.44. The van der Waals surface area contributed by atoms with Gasteiger partial charge in [-0.1, -0.05) is 41.2 Å². The Hall–Kier alpha value is 0.940. The minimum absolute atomic E-state index is 0.689. The van der Waals surface area contributed by atoms with Crippen molar-refractivity contribution >= 4 is 45.2 Å². The van der Waals surface area contributed by atoms with Crippen molar-refractivity contribution in [3.05, 3.63) is 21.3 Å². The van der Waals surface area contributed by atoms with Crippen molar-refractivity contribution < 1.29 is 0 Å². The van der Waals surface area contributed by atoms with Crippen LogP contribution in [0.2, 0.25) is 0 Å². The van der Waals surface area contributed by atoms with Gasteiger partial charge in [-0.2, -0.15) is 0 Å². The second kappa shape index (κ2) is 3.56. The van der Waals surface area contributed by atoms with Crippen molar-refractivity contribution in [1.29, 1.82) is 0 Å². The molecule has 1 aliphatic carbocycles. The molecule has 0 radical (unpaired) electrons. The number of rotatable bonds is 0. The molecule has 0 aromatic rings. The van der Waals surface area contributed by atoms with E-state index >= 15 is 0 Å². The lowest BCUT2D eigenvalue weighted by Gasteiger charge is -2.19. The Bertz CT molecular complexity index is 191. The predicted octanol–water partition coefficient (Wildman–Crippen LogP) is 3.70. The average molecular weight is 360 g/mol. The van der Waals surface area contributed by atoms with Gasteiger partial charge in [0, 0.05) is 9.84 Å². The van der Waals surface area contributed by atoms with Gasteiger partial charge < -0.3 is 0 Å². The van der Waals surface area contributed by atoms with E-state index in [1.165, 1.54) is 9.15 Å². The summed E-state index contributed by atoms with van der Waals surface area (Å²) < 4.78 is 2.17. The number of hydrogen-bond donors (Lipinski definition) is 0. The molecule has 0 bridgehead atoms. The minimum Gasteiger partial charge on any atom is -0.0774 e. The molecule has 2 heteroatoms. The number of hydrogen-bond acceptors (Lipinski definition) is 0. The van der Waals surface area contributed by atoms with Crippen LogP contribution in [-0.4, -0.2) is 3.92 Å². The van der Waals surface area contributed by atoms with Crippen LogP contribution in [0.25, 0.3) is 0 Å². The Morgan fingerprint density at radius 2 is 2.10 bits per heavy atom. The van der Waals surface area contributed by atoms with Crippen molar-refractivity contribution in [2.45, 2.75) is 17.8 Å². The van der Waals surface area contributed by atoms with E-state index in [1.807, 2.05) is 0 Å². The highest BCUT2D eigenvalue weighted by molar-refractivity contribution is 14.1. The maximum absolute atomic E-state index is 2.49. The standard InChI is InChI=1S/C8H10I2/c1-5-3-7(9)6(2)8(10)4-5/h3-4,6-7H,1-2H3. The molecule has 10 heavy (non-hydrogen) atoms. The van der Waals surface area contributed by atoms with Crippen LogP contribution >= 0.6 is 45.2 Å². The fourth-order valence-corrected chi connectivity index (χ4v) is 3.47. The summed E-state index contributed by atoms with van der Waals surface area (Å²) in [4.78, 5) is 0. The lowest BCUT2D eigenvalue weighted by molar-refractivity contribution is 0.761. The second-order valence-electron chi connectivity index (χ2n) is 2.67. The van der Waals surface area contributed by atoms with Crippen molar-refractivity contribution in [2.24, 2.45) is 5.92 Å². The third kappa shape index (κ3) is 1.96. The zero-order chi connectivity index (χ0) is 7.72. The predicted molar refractivity (Wildman–Crippen MR) is 62.8 cm³/mol. The lowest BCUT2D eigenvalue weighted by Crippen LogP contribution is -2.11. The monoisotopic (exact) mass is 360 g/mol. The summed E-state index contributed by atoms with van der Waals surface area (Å²) >= 11 is 4.92. The van der Waals surface area contributed by atoms with E-state index in [-0.39, 0.29) is 0 Å². The van der Waals surface area contributed by atoms with Crippen molar-refractivity contribution in [3.8, 4) is 0 Å². The first-order chi connectivity index (χ1) is 4.61. The minimum atomic E-state index is 0.689. The van der Waals surface area contributed by atoms with Crippen LogP contribution in [-0.2, 0) is 0 Å². The number of halogens is 2. The quantitative estimate of drug-likeness (QED) is 0.457. The maximum atomic E-state index is 2.49. The first-order valence-corrected chi connectivity index (χ1v) is 5.63. The highest BCUT2D eigenvalue weighted by Gasteiger charge is 2.17. The van der Waals surface area contributed by atoms with Gasteiger partial charge in [0.15, 0.2) is 0 Å². The van der Waals surface area contributed by atoms with Crippen LogP contribution < -0.4 is 0 Å². The molecule has 0 aromatic heterocycles. The SMILES string of the molecule is CC1=CC(I)C(C)C(I)=C1. The van der Waals surface area contributed by atoms with E-state index in [4.69, 9.17) is 0 Å². The Balaban J connectivity index is 2.85. The second-order valence-corrected chi connectivity index (χ2v) is 5.36. The van der Waals surface area contributed by atoms with Crippen LogP contribution in [0.15, 0.2) is 21.3 Å². The molecule has 0 saturated heterocycles. The summed E-state index contributed by atoms with van der Waals surface area (Å²) in [5, 5.41) is 0. The first-order valence-electron chi connectivity index (χ1n) is 3.31. The Morgan fingerprint density at radius 3 is 2.60 bits per heavy atom. The molecule has 1 aliphatic rings. The van der Waals surface area contributed by atoms with Crippen molar-refractivity contribution in [3.63, 3.8) is 0 Å². The summed E-state index contributed by atoms with van der Waals surface area (Å²) in [6, 6.07) is 0. The molecule has 0 aromatic carbocycles. The van der Waals surface area contributed by atoms with Crippen molar-refractivity contribution in [2.75, 3.05) is 0 Å². The lowest BCUT2D eigenvalue weighted by atomic mass is 9.99. The van der Waals surface area contributed by atoms with E-state index in [2.05, 4.69) is 71.2 Å². The molecular weight excluding hydrogens is 350 g/mol. The zero-order valence-corrected chi connectivity index (χ0v) is 10.4. The summed E-state index contributed by atoms with van der Waals surface area (Å²) in [6.07, 6.45) is 4.59. The molecule has 1 rings (SSSR count). The molecule has 0 N–H and O–H groups in total. The maximum Gasteiger partial charge on any atom is 0.0365 e. The van der Waals surface area contributed by atoms with Crippen LogP contribution in [0.5, 0.6) is 0 Å². The van der Waals surface area contributed by atoms with Gasteiger partial charge in [-0.3, -0.25) is 0 Å². The molecule has 0 heterocycles. The molecule has 2 atom stereocenters. The fraction of sp³-hybridized carbons (Fsp3) is 0.500. The van der Waals surface area contributed by atoms with Crippen LogP contribution in [0.4, 0.5) is 0 Å². The van der Waals surface area contributed by atoms with E-state index in [1.54, 1.807) is 0 Å². The van der Waals surface area contributed by atoms with Gasteiger partial charge >= 0.3 is 0 Å². The number of allylic oxidation sites excluding steroid dienone is 4. The third-order valence-electron chi connectivity index (χ3n) is 1.70.